The fourth-order valence-corrected chi connectivity index (χ4v) is 5.57. The van der Waals surface area contributed by atoms with Gasteiger partial charge in [-0.25, -0.2) is 4.98 Å². The molecule has 0 spiro atoms. The van der Waals surface area contributed by atoms with Gasteiger partial charge >= 0.3 is 0 Å². The highest BCUT2D eigenvalue weighted by molar-refractivity contribution is 8.26. The second-order valence-corrected chi connectivity index (χ2v) is 9.77. The standard InChI is InChI=1S/C20H22N4O2S3/c1-2-3-7-24-19(26)15(29-20(24)27)13-14-17(22-9-11-28-12-10-22)21-16-6-4-5-8-23(16)18(14)25/h4-6,8,13H,2-3,7,9-12H2,1H3. The van der Waals surface area contributed by atoms with E-state index in [-0.39, 0.29) is 11.5 Å². The zero-order chi connectivity index (χ0) is 20.4. The summed E-state index contributed by atoms with van der Waals surface area (Å²) < 4.78 is 2.09. The Morgan fingerprint density at radius 2 is 2.03 bits per heavy atom. The maximum Gasteiger partial charge on any atom is 0.267 e. The zero-order valence-electron chi connectivity index (χ0n) is 16.2. The van der Waals surface area contributed by atoms with E-state index in [9.17, 15) is 9.59 Å². The largest absolute Gasteiger partial charge is 0.354 e. The van der Waals surface area contributed by atoms with E-state index in [2.05, 4.69) is 11.8 Å². The first-order chi connectivity index (χ1) is 14.1. The summed E-state index contributed by atoms with van der Waals surface area (Å²) in [6, 6.07) is 5.51. The van der Waals surface area contributed by atoms with Gasteiger partial charge in [0.15, 0.2) is 0 Å². The third kappa shape index (κ3) is 4.08. The Morgan fingerprint density at radius 1 is 1.24 bits per heavy atom. The molecule has 0 radical (unpaired) electrons. The fraction of sp³-hybridized carbons (Fsp3) is 0.400. The number of nitrogens with zero attached hydrogens (tertiary/aromatic N) is 4. The van der Waals surface area contributed by atoms with Crippen LogP contribution in [0.4, 0.5) is 5.82 Å². The molecular formula is C20H22N4O2S3. The molecule has 2 aromatic rings. The number of fused-ring (bicyclic) bond motifs is 1. The SMILES string of the molecule is CCCCN1C(=O)C(=Cc2c(N3CCSCC3)nc3ccccn3c2=O)SC1=S. The van der Waals surface area contributed by atoms with Crippen LogP contribution in [0.25, 0.3) is 11.7 Å². The Kier molecular flexibility index (Phi) is 6.26. The van der Waals surface area contributed by atoms with Gasteiger partial charge in [-0.1, -0.05) is 43.4 Å². The molecule has 4 heterocycles. The second kappa shape index (κ2) is 8.89. The van der Waals surface area contributed by atoms with Gasteiger partial charge in [-0.2, -0.15) is 11.8 Å². The Labute approximate surface area is 183 Å². The first-order valence-electron chi connectivity index (χ1n) is 9.69. The molecule has 2 aliphatic heterocycles. The van der Waals surface area contributed by atoms with Crippen molar-refractivity contribution in [3.05, 3.63) is 45.2 Å². The van der Waals surface area contributed by atoms with E-state index in [0.717, 1.165) is 37.4 Å². The van der Waals surface area contributed by atoms with E-state index in [1.807, 2.05) is 23.9 Å². The number of hydrogen-bond acceptors (Lipinski definition) is 7. The first kappa shape index (κ1) is 20.4. The summed E-state index contributed by atoms with van der Waals surface area (Å²) in [5.74, 6) is 2.52. The molecule has 2 aliphatic rings. The normalized spacial score (nSPS) is 19.0. The molecule has 2 saturated heterocycles. The van der Waals surface area contributed by atoms with Crippen molar-refractivity contribution >= 4 is 63.5 Å². The third-order valence-electron chi connectivity index (χ3n) is 4.94. The van der Waals surface area contributed by atoms with Gasteiger partial charge in [-0.3, -0.25) is 18.9 Å². The quantitative estimate of drug-likeness (QED) is 0.516. The number of carbonyl (C=O) groups excluding carboxylic acids is 1. The minimum atomic E-state index is -0.164. The van der Waals surface area contributed by atoms with Crippen LogP contribution in [0.3, 0.4) is 0 Å². The number of thiocarbonyl (C=S) groups is 1. The molecule has 29 heavy (non-hydrogen) atoms. The van der Waals surface area contributed by atoms with Crippen LogP contribution in [0.15, 0.2) is 34.1 Å². The zero-order valence-corrected chi connectivity index (χ0v) is 18.6. The minimum absolute atomic E-state index is 0.119. The van der Waals surface area contributed by atoms with Crippen molar-refractivity contribution in [3.63, 3.8) is 0 Å². The Balaban J connectivity index is 1.81. The molecule has 2 aromatic heterocycles. The van der Waals surface area contributed by atoms with Gasteiger partial charge in [-0.05, 0) is 24.6 Å². The molecular weight excluding hydrogens is 424 g/mol. The molecule has 1 amide bonds. The highest BCUT2D eigenvalue weighted by atomic mass is 32.2. The highest BCUT2D eigenvalue weighted by Gasteiger charge is 2.32. The predicted octanol–water partition coefficient (Wildman–Crippen LogP) is 3.25. The highest BCUT2D eigenvalue weighted by Crippen LogP contribution is 2.34. The predicted molar refractivity (Wildman–Crippen MR) is 126 cm³/mol. The molecule has 9 heteroatoms. The summed E-state index contributed by atoms with van der Waals surface area (Å²) in [5, 5.41) is 0. The topological polar surface area (TPSA) is 57.9 Å². The number of carbonyl (C=O) groups is 1. The molecule has 0 bridgehead atoms. The van der Waals surface area contributed by atoms with E-state index < -0.39 is 0 Å². The lowest BCUT2D eigenvalue weighted by Crippen LogP contribution is -2.36. The van der Waals surface area contributed by atoms with Crippen LogP contribution in [0, 0.1) is 0 Å². The van der Waals surface area contributed by atoms with Crippen molar-refractivity contribution in [1.29, 1.82) is 0 Å². The van der Waals surface area contributed by atoms with E-state index in [1.54, 1.807) is 23.2 Å². The number of anilines is 1. The van der Waals surface area contributed by atoms with Crippen LogP contribution in [0.5, 0.6) is 0 Å². The van der Waals surface area contributed by atoms with E-state index in [4.69, 9.17) is 17.2 Å². The van der Waals surface area contributed by atoms with Gasteiger partial charge < -0.3 is 4.90 Å². The minimum Gasteiger partial charge on any atom is -0.354 e. The summed E-state index contributed by atoms with van der Waals surface area (Å²) in [5.41, 5.74) is 0.901. The van der Waals surface area contributed by atoms with Crippen molar-refractivity contribution in [2.45, 2.75) is 19.8 Å². The van der Waals surface area contributed by atoms with Crippen LogP contribution in [0.2, 0.25) is 0 Å². The van der Waals surface area contributed by atoms with Gasteiger partial charge in [0.25, 0.3) is 11.5 Å². The summed E-state index contributed by atoms with van der Waals surface area (Å²) in [7, 11) is 0. The van der Waals surface area contributed by atoms with Crippen molar-refractivity contribution in [1.82, 2.24) is 14.3 Å². The van der Waals surface area contributed by atoms with Crippen molar-refractivity contribution in [2.24, 2.45) is 0 Å². The molecule has 0 saturated carbocycles. The van der Waals surface area contributed by atoms with Crippen molar-refractivity contribution < 1.29 is 4.79 Å². The van der Waals surface area contributed by atoms with Gasteiger partial charge in [0.1, 0.15) is 15.8 Å². The molecule has 0 aromatic carbocycles. The van der Waals surface area contributed by atoms with Gasteiger partial charge in [-0.15, -0.1) is 0 Å². The molecule has 0 N–H and O–H groups in total. The number of hydrogen-bond donors (Lipinski definition) is 0. The summed E-state index contributed by atoms with van der Waals surface area (Å²) in [6.07, 6.45) is 5.29. The molecule has 4 rings (SSSR count). The second-order valence-electron chi connectivity index (χ2n) is 6.87. The van der Waals surface area contributed by atoms with E-state index in [0.29, 0.717) is 32.8 Å². The molecule has 6 nitrogen and oxygen atoms in total. The van der Waals surface area contributed by atoms with Crippen molar-refractivity contribution in [3.8, 4) is 0 Å². The fourth-order valence-electron chi connectivity index (χ4n) is 3.37. The van der Waals surface area contributed by atoms with Crippen LogP contribution < -0.4 is 10.5 Å². The van der Waals surface area contributed by atoms with E-state index >= 15 is 0 Å². The number of amides is 1. The molecule has 0 atom stereocenters. The Hall–Kier alpha value is -1.84. The monoisotopic (exact) mass is 446 g/mol. The summed E-state index contributed by atoms with van der Waals surface area (Å²) >= 11 is 8.57. The molecule has 2 fully saturated rings. The van der Waals surface area contributed by atoms with Crippen LogP contribution in [-0.2, 0) is 4.79 Å². The lowest BCUT2D eigenvalue weighted by Gasteiger charge is -2.28. The Bertz CT molecular complexity index is 1040. The average molecular weight is 447 g/mol. The lowest BCUT2D eigenvalue weighted by atomic mass is 10.2. The molecule has 152 valence electrons. The smallest absolute Gasteiger partial charge is 0.267 e. The van der Waals surface area contributed by atoms with Gasteiger partial charge in [0, 0.05) is 37.3 Å². The summed E-state index contributed by atoms with van der Waals surface area (Å²) in [6.45, 7) is 4.36. The van der Waals surface area contributed by atoms with Crippen LogP contribution in [0.1, 0.15) is 25.3 Å². The Morgan fingerprint density at radius 3 is 2.79 bits per heavy atom. The van der Waals surface area contributed by atoms with Gasteiger partial charge in [0.05, 0.1) is 10.5 Å². The third-order valence-corrected chi connectivity index (χ3v) is 7.26. The number of pyridine rings is 1. The molecule has 0 unspecified atom stereocenters. The lowest BCUT2D eigenvalue weighted by molar-refractivity contribution is -0.122. The number of rotatable bonds is 5. The van der Waals surface area contributed by atoms with Crippen molar-refractivity contribution in [2.75, 3.05) is 36.0 Å². The number of unbranched alkanes of at least 4 members (excludes halogenated alkanes) is 1. The van der Waals surface area contributed by atoms with Crippen LogP contribution in [-0.4, -0.2) is 55.7 Å². The molecule has 0 aliphatic carbocycles. The van der Waals surface area contributed by atoms with Crippen LogP contribution >= 0.6 is 35.7 Å². The number of thioether (sulfide) groups is 2. The van der Waals surface area contributed by atoms with Gasteiger partial charge in [0.2, 0.25) is 0 Å². The average Bonchev–Trinajstić information content (AvgIpc) is 3.01. The summed E-state index contributed by atoms with van der Waals surface area (Å²) in [4.78, 5) is 35.3. The maximum absolute atomic E-state index is 13.3. The first-order valence-corrected chi connectivity index (χ1v) is 12.1. The maximum atomic E-state index is 13.3. The van der Waals surface area contributed by atoms with E-state index in [1.165, 1.54) is 16.2 Å². The number of aromatic nitrogens is 2.